The minimum atomic E-state index is 0.0677. The normalized spacial score (nSPS) is 19.1. The zero-order chi connectivity index (χ0) is 18.6. The third-order valence-electron chi connectivity index (χ3n) is 5.08. The van der Waals surface area contributed by atoms with E-state index in [9.17, 15) is 4.79 Å². The zero-order valence-corrected chi connectivity index (χ0v) is 16.0. The van der Waals surface area contributed by atoms with Crippen LogP contribution in [-0.4, -0.2) is 36.2 Å². The van der Waals surface area contributed by atoms with E-state index in [0.717, 1.165) is 43.6 Å². The van der Waals surface area contributed by atoms with Crippen molar-refractivity contribution in [2.24, 2.45) is 0 Å². The molecule has 142 valence electrons. The van der Waals surface area contributed by atoms with Gasteiger partial charge in [-0.25, -0.2) is 0 Å². The van der Waals surface area contributed by atoms with Gasteiger partial charge < -0.3 is 14.4 Å². The molecule has 4 rings (SSSR count). The minimum absolute atomic E-state index is 0.0677. The van der Waals surface area contributed by atoms with Crippen LogP contribution in [0.1, 0.15) is 41.6 Å². The minimum Gasteiger partial charge on any atom is -0.491 e. The molecule has 2 aliphatic rings. The summed E-state index contributed by atoms with van der Waals surface area (Å²) in [6, 6.07) is 15.5. The van der Waals surface area contributed by atoms with Crippen molar-refractivity contribution in [3.05, 3.63) is 64.7 Å². The first-order valence-electron chi connectivity index (χ1n) is 9.59. The van der Waals surface area contributed by atoms with Gasteiger partial charge in [-0.2, -0.15) is 0 Å². The lowest BCUT2D eigenvalue weighted by Gasteiger charge is -2.23. The fraction of sp³-hybridized carbons (Fsp3) is 0.409. The van der Waals surface area contributed by atoms with Gasteiger partial charge in [-0.15, -0.1) is 0 Å². The Morgan fingerprint density at radius 1 is 1.07 bits per heavy atom. The summed E-state index contributed by atoms with van der Waals surface area (Å²) in [6.07, 6.45) is 4.49. The van der Waals surface area contributed by atoms with E-state index >= 15 is 0 Å². The average molecular weight is 386 g/mol. The Kier molecular flexibility index (Phi) is 5.65. The van der Waals surface area contributed by atoms with Gasteiger partial charge in [0.2, 0.25) is 0 Å². The van der Waals surface area contributed by atoms with Gasteiger partial charge in [0.15, 0.2) is 0 Å². The fourth-order valence-electron chi connectivity index (χ4n) is 3.36. The molecule has 2 fully saturated rings. The summed E-state index contributed by atoms with van der Waals surface area (Å²) >= 11 is 5.96. The van der Waals surface area contributed by atoms with Crippen LogP contribution in [0.5, 0.6) is 5.75 Å². The number of carbonyl (C=O) groups excluding carboxylic acids is 1. The molecule has 0 N–H and O–H groups in total. The van der Waals surface area contributed by atoms with Crippen molar-refractivity contribution in [3.63, 3.8) is 0 Å². The topological polar surface area (TPSA) is 38.8 Å². The molecule has 5 heteroatoms. The maximum absolute atomic E-state index is 13.0. The Bertz CT molecular complexity index is 765. The molecule has 2 aromatic rings. The number of amides is 1. The smallest absolute Gasteiger partial charge is 0.254 e. The van der Waals surface area contributed by atoms with E-state index in [2.05, 4.69) is 0 Å². The molecular weight excluding hydrogens is 362 g/mol. The second-order valence-electron chi connectivity index (χ2n) is 7.26. The molecule has 1 aliphatic heterocycles. The summed E-state index contributed by atoms with van der Waals surface area (Å²) in [5, 5.41) is 0.710. The maximum atomic E-state index is 13.0. The van der Waals surface area contributed by atoms with Crippen molar-refractivity contribution in [3.8, 4) is 5.75 Å². The molecule has 1 amide bonds. The molecule has 2 aromatic carbocycles. The highest BCUT2D eigenvalue weighted by atomic mass is 35.5. The van der Waals surface area contributed by atoms with Gasteiger partial charge in [-0.3, -0.25) is 4.79 Å². The van der Waals surface area contributed by atoms with Gasteiger partial charge in [0.05, 0.1) is 6.10 Å². The van der Waals surface area contributed by atoms with Crippen molar-refractivity contribution in [1.29, 1.82) is 0 Å². The predicted octanol–water partition coefficient (Wildman–Crippen LogP) is 4.70. The van der Waals surface area contributed by atoms with Crippen LogP contribution in [-0.2, 0) is 11.3 Å². The third-order valence-corrected chi connectivity index (χ3v) is 5.33. The molecular formula is C22H24ClNO3. The number of hydrogen-bond acceptors (Lipinski definition) is 3. The summed E-state index contributed by atoms with van der Waals surface area (Å²) in [5.41, 5.74) is 1.79. The Morgan fingerprint density at radius 2 is 1.81 bits per heavy atom. The lowest BCUT2D eigenvalue weighted by molar-refractivity contribution is 0.0678. The van der Waals surface area contributed by atoms with Gasteiger partial charge in [0.1, 0.15) is 12.4 Å². The first-order valence-corrected chi connectivity index (χ1v) is 9.97. The number of ether oxygens (including phenoxy) is 2. The Labute approximate surface area is 165 Å². The highest BCUT2D eigenvalue weighted by Gasteiger charge is 2.33. The van der Waals surface area contributed by atoms with E-state index in [1.165, 1.54) is 0 Å². The summed E-state index contributed by atoms with van der Waals surface area (Å²) < 4.78 is 11.4. The first kappa shape index (κ1) is 18.3. The van der Waals surface area contributed by atoms with Crippen LogP contribution >= 0.6 is 11.6 Å². The predicted molar refractivity (Wildman–Crippen MR) is 105 cm³/mol. The number of rotatable bonds is 7. The van der Waals surface area contributed by atoms with E-state index < -0.39 is 0 Å². The van der Waals surface area contributed by atoms with Crippen LogP contribution in [0.25, 0.3) is 0 Å². The number of benzene rings is 2. The highest BCUT2D eigenvalue weighted by Crippen LogP contribution is 2.30. The lowest BCUT2D eigenvalue weighted by atomic mass is 10.1. The third kappa shape index (κ3) is 4.82. The van der Waals surface area contributed by atoms with Crippen molar-refractivity contribution in [1.82, 2.24) is 4.90 Å². The van der Waals surface area contributed by atoms with E-state index in [1.807, 2.05) is 53.4 Å². The molecule has 0 aromatic heterocycles. The summed E-state index contributed by atoms with van der Waals surface area (Å²) in [5.74, 6) is 0.843. The summed E-state index contributed by atoms with van der Waals surface area (Å²) in [4.78, 5) is 15.0. The van der Waals surface area contributed by atoms with Crippen LogP contribution in [0.2, 0.25) is 5.02 Å². The number of nitrogens with zero attached hydrogens (tertiary/aromatic N) is 1. The Morgan fingerprint density at radius 3 is 2.44 bits per heavy atom. The largest absolute Gasteiger partial charge is 0.491 e. The van der Waals surface area contributed by atoms with E-state index in [4.69, 9.17) is 21.1 Å². The van der Waals surface area contributed by atoms with Crippen LogP contribution in [0.3, 0.4) is 0 Å². The second-order valence-corrected chi connectivity index (χ2v) is 7.70. The first-order chi connectivity index (χ1) is 13.2. The molecule has 1 atom stereocenters. The van der Waals surface area contributed by atoms with Gasteiger partial charge in [0.25, 0.3) is 5.91 Å². The molecule has 0 radical (unpaired) electrons. The SMILES string of the molecule is O=C(c1ccc(OCC2CCCO2)cc1)N(Cc1ccc(Cl)cc1)C1CC1. The monoisotopic (exact) mass is 385 g/mol. The van der Waals surface area contributed by atoms with Gasteiger partial charge >= 0.3 is 0 Å². The van der Waals surface area contributed by atoms with Gasteiger partial charge in [0, 0.05) is 29.8 Å². The molecule has 0 spiro atoms. The van der Waals surface area contributed by atoms with E-state index in [0.29, 0.717) is 29.8 Å². The van der Waals surface area contributed by atoms with Crippen LogP contribution in [0.4, 0.5) is 0 Å². The van der Waals surface area contributed by atoms with Crippen LogP contribution < -0.4 is 4.74 Å². The second kappa shape index (κ2) is 8.32. The van der Waals surface area contributed by atoms with E-state index in [-0.39, 0.29) is 12.0 Å². The van der Waals surface area contributed by atoms with Crippen molar-refractivity contribution in [2.75, 3.05) is 13.2 Å². The molecule has 1 saturated carbocycles. The molecule has 4 nitrogen and oxygen atoms in total. The van der Waals surface area contributed by atoms with Crippen molar-refractivity contribution in [2.45, 2.75) is 44.4 Å². The molecule has 27 heavy (non-hydrogen) atoms. The molecule has 1 heterocycles. The molecule has 1 saturated heterocycles. The molecule has 1 unspecified atom stereocenters. The standard InChI is InChI=1S/C22H24ClNO3/c23-18-7-3-16(4-8-18)14-24(19-9-10-19)22(25)17-5-11-20(12-6-17)27-15-21-2-1-13-26-21/h3-8,11-12,19,21H,1-2,9-10,13-15H2. The fourth-order valence-corrected chi connectivity index (χ4v) is 3.49. The quantitative estimate of drug-likeness (QED) is 0.693. The molecule has 0 bridgehead atoms. The summed E-state index contributed by atoms with van der Waals surface area (Å²) in [6.45, 7) is 2.00. The van der Waals surface area contributed by atoms with Crippen molar-refractivity contribution >= 4 is 17.5 Å². The highest BCUT2D eigenvalue weighted by molar-refractivity contribution is 6.30. The Hall–Kier alpha value is -2.04. The maximum Gasteiger partial charge on any atom is 0.254 e. The number of hydrogen-bond donors (Lipinski definition) is 0. The van der Waals surface area contributed by atoms with Gasteiger partial charge in [-0.05, 0) is 67.6 Å². The van der Waals surface area contributed by atoms with Crippen molar-refractivity contribution < 1.29 is 14.3 Å². The zero-order valence-electron chi connectivity index (χ0n) is 15.3. The summed E-state index contributed by atoms with van der Waals surface area (Å²) in [7, 11) is 0. The molecule has 1 aliphatic carbocycles. The number of halogens is 1. The number of carbonyl (C=O) groups is 1. The Balaban J connectivity index is 1.39. The van der Waals surface area contributed by atoms with Gasteiger partial charge in [-0.1, -0.05) is 23.7 Å². The van der Waals surface area contributed by atoms with Crippen LogP contribution in [0.15, 0.2) is 48.5 Å². The lowest BCUT2D eigenvalue weighted by Crippen LogP contribution is -2.32. The van der Waals surface area contributed by atoms with E-state index in [1.54, 1.807) is 0 Å². The van der Waals surface area contributed by atoms with Crippen LogP contribution in [0, 0.1) is 0 Å². The average Bonchev–Trinajstić information content (AvgIpc) is 3.40.